The predicted octanol–water partition coefficient (Wildman–Crippen LogP) is 2.22. The monoisotopic (exact) mass is 193 g/mol. The first-order valence-electron chi connectivity index (χ1n) is 3.69. The molecule has 2 rings (SSSR count). The summed E-state index contributed by atoms with van der Waals surface area (Å²) in [6.45, 7) is 0. The molecule has 3 nitrogen and oxygen atoms in total. The van der Waals surface area contributed by atoms with Gasteiger partial charge in [0.05, 0.1) is 5.38 Å². The number of hydrogen-bond donors (Lipinski definition) is 2. The Kier molecular flexibility index (Phi) is 1.90. The Bertz CT molecular complexity index is 408. The van der Waals surface area contributed by atoms with E-state index in [1.54, 1.807) is 29.6 Å². The number of aromatic hydroxyl groups is 2. The van der Waals surface area contributed by atoms with Gasteiger partial charge >= 0.3 is 0 Å². The second-order valence-electron chi connectivity index (χ2n) is 2.56. The molecule has 2 N–H and O–H groups in total. The minimum absolute atomic E-state index is 0.0353. The Morgan fingerprint density at radius 2 is 1.77 bits per heavy atom. The molecule has 0 radical (unpaired) electrons. The fourth-order valence-electron chi connectivity index (χ4n) is 1.00. The summed E-state index contributed by atoms with van der Waals surface area (Å²) in [6, 6.07) is 6.70. The van der Waals surface area contributed by atoms with Gasteiger partial charge in [0.25, 0.3) is 0 Å². The summed E-state index contributed by atoms with van der Waals surface area (Å²) in [5.74, 6) is 0.262. The van der Waals surface area contributed by atoms with Crippen LogP contribution in [-0.4, -0.2) is 15.2 Å². The Hall–Kier alpha value is -1.55. The van der Waals surface area contributed by atoms with Crippen molar-refractivity contribution in [1.82, 2.24) is 4.98 Å². The number of phenolic OH excluding ortho intramolecular Hbond substituents is 1. The van der Waals surface area contributed by atoms with Gasteiger partial charge in [-0.2, -0.15) is 0 Å². The van der Waals surface area contributed by atoms with Crippen LogP contribution in [0.4, 0.5) is 0 Å². The third-order valence-corrected chi connectivity index (χ3v) is 2.49. The number of benzene rings is 1. The molecule has 0 fully saturated rings. The lowest BCUT2D eigenvalue weighted by atomic mass is 10.2. The lowest BCUT2D eigenvalue weighted by molar-refractivity contribution is 0.458. The molecule has 0 unspecified atom stereocenters. The van der Waals surface area contributed by atoms with Gasteiger partial charge in [-0.1, -0.05) is 0 Å². The van der Waals surface area contributed by atoms with Crippen molar-refractivity contribution in [2.24, 2.45) is 0 Å². The number of rotatable bonds is 1. The van der Waals surface area contributed by atoms with E-state index in [2.05, 4.69) is 4.98 Å². The maximum atomic E-state index is 9.04. The minimum atomic E-state index is 0.0353. The molecule has 0 saturated carbocycles. The van der Waals surface area contributed by atoms with Crippen LogP contribution in [-0.2, 0) is 0 Å². The molecule has 1 heterocycles. The molecule has 0 saturated heterocycles. The molecule has 0 aliphatic rings. The van der Waals surface area contributed by atoms with Crippen LogP contribution in [0.2, 0.25) is 0 Å². The molecule has 1 aromatic carbocycles. The van der Waals surface area contributed by atoms with E-state index < -0.39 is 0 Å². The smallest absolute Gasteiger partial charge is 0.222 e. The van der Waals surface area contributed by atoms with Crippen LogP contribution in [0.25, 0.3) is 10.6 Å². The van der Waals surface area contributed by atoms with Crippen molar-refractivity contribution < 1.29 is 10.2 Å². The fraction of sp³-hybridized carbons (Fsp3) is 0. The molecule has 1 aromatic heterocycles. The summed E-state index contributed by atoms with van der Waals surface area (Å²) < 4.78 is 0. The van der Waals surface area contributed by atoms with Gasteiger partial charge in [0, 0.05) is 5.56 Å². The summed E-state index contributed by atoms with van der Waals surface area (Å²) in [6.07, 6.45) is 0. The Balaban J connectivity index is 2.41. The highest BCUT2D eigenvalue weighted by Gasteiger charge is 2.02. The normalized spacial score (nSPS) is 10.2. The molecule has 0 atom stereocenters. The second kappa shape index (κ2) is 3.06. The molecule has 13 heavy (non-hydrogen) atoms. The van der Waals surface area contributed by atoms with E-state index in [1.807, 2.05) is 0 Å². The predicted molar refractivity (Wildman–Crippen MR) is 50.9 cm³/mol. The third-order valence-electron chi connectivity index (χ3n) is 1.61. The topological polar surface area (TPSA) is 53.4 Å². The van der Waals surface area contributed by atoms with Crippen molar-refractivity contribution in [3.8, 4) is 22.2 Å². The Morgan fingerprint density at radius 3 is 2.31 bits per heavy atom. The van der Waals surface area contributed by atoms with Crippen molar-refractivity contribution in [3.63, 3.8) is 0 Å². The highest BCUT2D eigenvalue weighted by molar-refractivity contribution is 7.13. The molecule has 66 valence electrons. The van der Waals surface area contributed by atoms with Gasteiger partial charge in [-0.25, -0.2) is 4.98 Å². The fourth-order valence-corrected chi connectivity index (χ4v) is 1.69. The van der Waals surface area contributed by atoms with Gasteiger partial charge in [-0.3, -0.25) is 0 Å². The van der Waals surface area contributed by atoms with Gasteiger partial charge < -0.3 is 10.2 Å². The van der Waals surface area contributed by atoms with Crippen LogP contribution in [0.15, 0.2) is 29.6 Å². The molecule has 0 spiro atoms. The first-order valence-corrected chi connectivity index (χ1v) is 4.57. The van der Waals surface area contributed by atoms with Crippen LogP contribution in [0, 0.1) is 0 Å². The highest BCUT2D eigenvalue weighted by atomic mass is 32.1. The van der Waals surface area contributed by atoms with Crippen molar-refractivity contribution in [1.29, 1.82) is 0 Å². The standard InChI is InChI=1S/C9H7NO2S/c11-7-3-1-6(2-4-7)9-10-8(12)5-13-9/h1-5,11-12H. The average molecular weight is 193 g/mol. The van der Waals surface area contributed by atoms with E-state index in [1.165, 1.54) is 11.3 Å². The van der Waals surface area contributed by atoms with Crippen LogP contribution in [0.5, 0.6) is 11.6 Å². The average Bonchev–Trinajstić information content (AvgIpc) is 2.53. The number of nitrogens with zero attached hydrogens (tertiary/aromatic N) is 1. The molecule has 4 heteroatoms. The van der Waals surface area contributed by atoms with E-state index in [0.29, 0.717) is 0 Å². The van der Waals surface area contributed by atoms with E-state index in [0.717, 1.165) is 10.6 Å². The summed E-state index contributed by atoms with van der Waals surface area (Å²) in [7, 11) is 0. The SMILES string of the molecule is Oc1ccc(-c2nc(O)cs2)cc1. The van der Waals surface area contributed by atoms with Crippen LogP contribution >= 0.6 is 11.3 Å². The van der Waals surface area contributed by atoms with Gasteiger partial charge in [0.2, 0.25) is 5.88 Å². The van der Waals surface area contributed by atoms with Gasteiger partial charge in [-0.05, 0) is 24.3 Å². The summed E-state index contributed by atoms with van der Waals surface area (Å²) in [5.41, 5.74) is 0.892. The van der Waals surface area contributed by atoms with E-state index >= 15 is 0 Å². The van der Waals surface area contributed by atoms with E-state index in [4.69, 9.17) is 10.2 Å². The second-order valence-corrected chi connectivity index (χ2v) is 3.42. The molecule has 2 aromatic rings. The quantitative estimate of drug-likeness (QED) is 0.730. The van der Waals surface area contributed by atoms with Crippen molar-refractivity contribution >= 4 is 11.3 Å². The number of phenols is 1. The zero-order chi connectivity index (χ0) is 9.26. The van der Waals surface area contributed by atoms with Crippen LogP contribution in [0.1, 0.15) is 0 Å². The number of aromatic nitrogens is 1. The van der Waals surface area contributed by atoms with Crippen LogP contribution < -0.4 is 0 Å². The van der Waals surface area contributed by atoms with E-state index in [9.17, 15) is 0 Å². The molecule has 0 aliphatic heterocycles. The Labute approximate surface area is 78.9 Å². The van der Waals surface area contributed by atoms with Gasteiger partial charge in [0.15, 0.2) is 0 Å². The Morgan fingerprint density at radius 1 is 1.08 bits per heavy atom. The molecule has 0 bridgehead atoms. The van der Waals surface area contributed by atoms with Gasteiger partial charge in [-0.15, -0.1) is 11.3 Å². The van der Waals surface area contributed by atoms with Crippen LogP contribution in [0.3, 0.4) is 0 Å². The zero-order valence-corrected chi connectivity index (χ0v) is 7.45. The van der Waals surface area contributed by atoms with Gasteiger partial charge in [0.1, 0.15) is 10.8 Å². The summed E-state index contributed by atoms with van der Waals surface area (Å²) in [4.78, 5) is 3.90. The lowest BCUT2D eigenvalue weighted by Crippen LogP contribution is -1.74. The molecular formula is C9H7NO2S. The largest absolute Gasteiger partial charge is 0.508 e. The molecular weight excluding hydrogens is 186 g/mol. The lowest BCUT2D eigenvalue weighted by Gasteiger charge is -1.94. The zero-order valence-electron chi connectivity index (χ0n) is 6.64. The maximum absolute atomic E-state index is 9.04. The maximum Gasteiger partial charge on any atom is 0.222 e. The highest BCUT2D eigenvalue weighted by Crippen LogP contribution is 2.27. The first kappa shape index (κ1) is 8.07. The van der Waals surface area contributed by atoms with Crippen molar-refractivity contribution in [2.45, 2.75) is 0 Å². The summed E-state index contributed by atoms with van der Waals surface area (Å²) >= 11 is 1.37. The van der Waals surface area contributed by atoms with Crippen molar-refractivity contribution in [3.05, 3.63) is 29.6 Å². The molecule has 0 amide bonds. The van der Waals surface area contributed by atoms with Crippen molar-refractivity contribution in [2.75, 3.05) is 0 Å². The van der Waals surface area contributed by atoms with E-state index in [-0.39, 0.29) is 11.6 Å². The minimum Gasteiger partial charge on any atom is -0.508 e. The summed E-state index contributed by atoms with van der Waals surface area (Å²) in [5, 5.41) is 20.4. The molecule has 0 aliphatic carbocycles. The third kappa shape index (κ3) is 1.62. The first-order chi connectivity index (χ1) is 6.25. The number of thiazole rings is 1. The number of hydrogen-bond acceptors (Lipinski definition) is 4.